The first-order valence-electron chi connectivity index (χ1n) is 8.50. The highest BCUT2D eigenvalue weighted by Crippen LogP contribution is 2.35. The van der Waals surface area contributed by atoms with E-state index in [0.717, 1.165) is 42.8 Å². The van der Waals surface area contributed by atoms with Crippen LogP contribution in [0.2, 0.25) is 0 Å². The van der Waals surface area contributed by atoms with E-state index in [0.29, 0.717) is 13.2 Å². The lowest BCUT2D eigenvalue weighted by atomic mass is 10.1. The van der Waals surface area contributed by atoms with Gasteiger partial charge in [0.25, 0.3) is 0 Å². The third-order valence-electron chi connectivity index (χ3n) is 4.37. The van der Waals surface area contributed by atoms with Crippen LogP contribution in [-0.4, -0.2) is 55.4 Å². The number of hydrogen-bond donors (Lipinski definition) is 2. The van der Waals surface area contributed by atoms with Gasteiger partial charge >= 0.3 is 0 Å². The average Bonchev–Trinajstić information content (AvgIpc) is 3.05. The van der Waals surface area contributed by atoms with Gasteiger partial charge < -0.3 is 20.1 Å². The summed E-state index contributed by atoms with van der Waals surface area (Å²) in [5, 5.41) is 11.7. The molecule has 0 aromatic heterocycles. The summed E-state index contributed by atoms with van der Waals surface area (Å²) in [5.41, 5.74) is 4.23. The summed E-state index contributed by atoms with van der Waals surface area (Å²) in [6, 6.07) is 10.2. The molecule has 1 heterocycles. The van der Waals surface area contributed by atoms with Crippen LogP contribution >= 0.6 is 0 Å². The Bertz CT molecular complexity index is 631. The second-order valence-electron chi connectivity index (χ2n) is 5.99. The van der Waals surface area contributed by atoms with Crippen molar-refractivity contribution >= 4 is 12.0 Å². The zero-order chi connectivity index (χ0) is 16.8. The van der Waals surface area contributed by atoms with Gasteiger partial charge in [-0.05, 0) is 30.1 Å². The van der Waals surface area contributed by atoms with Gasteiger partial charge in [0.2, 0.25) is 5.91 Å². The van der Waals surface area contributed by atoms with E-state index >= 15 is 0 Å². The normalized spacial score (nSPS) is 19.9. The maximum Gasteiger partial charge on any atom is 0.249 e. The van der Waals surface area contributed by atoms with Crippen molar-refractivity contribution in [2.75, 3.05) is 39.5 Å². The number of aliphatic hydroxyl groups is 1. The van der Waals surface area contributed by atoms with Gasteiger partial charge in [-0.3, -0.25) is 4.79 Å². The Balaban J connectivity index is 1.92. The molecule has 5 nitrogen and oxygen atoms in total. The summed E-state index contributed by atoms with van der Waals surface area (Å²) in [5.74, 6) is -0.0676. The molecule has 3 rings (SSSR count). The number of ether oxygens (including phenoxy) is 1. The number of amides is 1. The number of nitrogens with zero attached hydrogens (tertiary/aromatic N) is 1. The SMILES string of the molecule is O=C(NCCO)C1=C(N2CCOCC2)/C(=C/c2ccccc2)CC1. The average molecular weight is 328 g/mol. The quantitative estimate of drug-likeness (QED) is 0.861. The molecule has 1 amide bonds. The highest BCUT2D eigenvalue weighted by atomic mass is 16.5. The standard InChI is InChI=1S/C19H24N2O3/c22-11-8-20-19(23)17-7-6-16(14-15-4-2-1-3-5-15)18(17)21-9-12-24-13-10-21/h1-5,14,22H,6-13H2,(H,20,23)/b16-14+. The molecule has 2 N–H and O–H groups in total. The van der Waals surface area contributed by atoms with Gasteiger partial charge in [0.1, 0.15) is 0 Å². The van der Waals surface area contributed by atoms with Gasteiger partial charge in [-0.15, -0.1) is 0 Å². The number of nitrogens with one attached hydrogen (secondary N) is 1. The molecular formula is C19H24N2O3. The van der Waals surface area contributed by atoms with Crippen molar-refractivity contribution < 1.29 is 14.6 Å². The molecule has 2 aliphatic rings. The minimum atomic E-state index is -0.0676. The maximum atomic E-state index is 12.5. The first kappa shape index (κ1) is 16.7. The van der Waals surface area contributed by atoms with Crippen molar-refractivity contribution in [2.24, 2.45) is 0 Å². The third kappa shape index (κ3) is 3.86. The molecule has 1 saturated heterocycles. The zero-order valence-electron chi connectivity index (χ0n) is 13.8. The first-order chi connectivity index (χ1) is 11.8. The molecular weight excluding hydrogens is 304 g/mol. The van der Waals surface area contributed by atoms with Crippen LogP contribution in [-0.2, 0) is 9.53 Å². The fourth-order valence-corrected chi connectivity index (χ4v) is 3.26. The molecule has 5 heteroatoms. The summed E-state index contributed by atoms with van der Waals surface area (Å²) < 4.78 is 5.46. The van der Waals surface area contributed by atoms with Crippen LogP contribution in [0.3, 0.4) is 0 Å². The van der Waals surface area contributed by atoms with E-state index in [9.17, 15) is 4.79 Å². The Hall–Kier alpha value is -2.11. The van der Waals surface area contributed by atoms with Crippen molar-refractivity contribution in [3.63, 3.8) is 0 Å². The topological polar surface area (TPSA) is 61.8 Å². The predicted octanol–water partition coefficient (Wildman–Crippen LogP) is 1.56. The van der Waals surface area contributed by atoms with Gasteiger partial charge in [-0.25, -0.2) is 0 Å². The summed E-state index contributed by atoms with van der Waals surface area (Å²) in [6.07, 6.45) is 3.78. The Morgan fingerprint density at radius 2 is 1.96 bits per heavy atom. The van der Waals surface area contributed by atoms with E-state index in [1.165, 1.54) is 5.57 Å². The van der Waals surface area contributed by atoms with E-state index < -0.39 is 0 Å². The monoisotopic (exact) mass is 328 g/mol. The van der Waals surface area contributed by atoms with Crippen molar-refractivity contribution in [1.29, 1.82) is 0 Å². The van der Waals surface area contributed by atoms with Crippen LogP contribution in [0.4, 0.5) is 0 Å². The van der Waals surface area contributed by atoms with Gasteiger partial charge in [-0.1, -0.05) is 30.3 Å². The maximum absolute atomic E-state index is 12.5. The van der Waals surface area contributed by atoms with Crippen molar-refractivity contribution in [1.82, 2.24) is 10.2 Å². The first-order valence-corrected chi connectivity index (χ1v) is 8.50. The Kier molecular flexibility index (Phi) is 5.67. The fraction of sp³-hybridized carbons (Fsp3) is 0.421. The van der Waals surface area contributed by atoms with Gasteiger partial charge in [0, 0.05) is 30.9 Å². The number of carbonyl (C=O) groups is 1. The van der Waals surface area contributed by atoms with Gasteiger partial charge in [0.05, 0.1) is 19.8 Å². The third-order valence-corrected chi connectivity index (χ3v) is 4.37. The Morgan fingerprint density at radius 1 is 1.21 bits per heavy atom. The predicted molar refractivity (Wildman–Crippen MR) is 93.2 cm³/mol. The summed E-state index contributed by atoms with van der Waals surface area (Å²) >= 11 is 0. The van der Waals surface area contributed by atoms with Crippen LogP contribution in [0.15, 0.2) is 47.2 Å². The van der Waals surface area contributed by atoms with Crippen LogP contribution < -0.4 is 5.32 Å². The van der Waals surface area contributed by atoms with E-state index in [1.807, 2.05) is 18.2 Å². The van der Waals surface area contributed by atoms with Gasteiger partial charge in [0.15, 0.2) is 0 Å². The minimum Gasteiger partial charge on any atom is -0.395 e. The van der Waals surface area contributed by atoms with E-state index in [1.54, 1.807) is 0 Å². The number of carbonyl (C=O) groups excluding carboxylic acids is 1. The van der Waals surface area contributed by atoms with Crippen LogP contribution in [0.1, 0.15) is 18.4 Å². The number of hydrogen-bond acceptors (Lipinski definition) is 4. The Labute approximate surface area is 142 Å². The molecule has 0 unspecified atom stereocenters. The number of benzene rings is 1. The number of morpholine rings is 1. The van der Waals surface area contributed by atoms with Crippen molar-refractivity contribution in [3.05, 3.63) is 52.7 Å². The lowest BCUT2D eigenvalue weighted by Crippen LogP contribution is -2.37. The number of allylic oxidation sites excluding steroid dienone is 1. The molecule has 24 heavy (non-hydrogen) atoms. The summed E-state index contributed by atoms with van der Waals surface area (Å²) in [6.45, 7) is 3.23. The lowest BCUT2D eigenvalue weighted by molar-refractivity contribution is -0.117. The van der Waals surface area contributed by atoms with Crippen LogP contribution in [0.25, 0.3) is 6.08 Å². The zero-order valence-corrected chi connectivity index (χ0v) is 13.8. The molecule has 1 aliphatic carbocycles. The molecule has 1 fully saturated rings. The van der Waals surface area contributed by atoms with Crippen LogP contribution in [0, 0.1) is 0 Å². The summed E-state index contributed by atoms with van der Waals surface area (Å²) in [7, 11) is 0. The molecule has 1 aromatic carbocycles. The molecule has 0 bridgehead atoms. The summed E-state index contributed by atoms with van der Waals surface area (Å²) in [4.78, 5) is 14.8. The largest absolute Gasteiger partial charge is 0.395 e. The lowest BCUT2D eigenvalue weighted by Gasteiger charge is -2.31. The van der Waals surface area contributed by atoms with Crippen molar-refractivity contribution in [3.8, 4) is 0 Å². The number of rotatable bonds is 5. The molecule has 0 saturated carbocycles. The van der Waals surface area contributed by atoms with Crippen LogP contribution in [0.5, 0.6) is 0 Å². The van der Waals surface area contributed by atoms with Crippen molar-refractivity contribution in [2.45, 2.75) is 12.8 Å². The molecule has 1 aromatic rings. The second-order valence-corrected chi connectivity index (χ2v) is 5.99. The van der Waals surface area contributed by atoms with E-state index in [-0.39, 0.29) is 19.1 Å². The molecule has 0 atom stereocenters. The molecule has 1 aliphatic heterocycles. The number of aliphatic hydroxyl groups excluding tert-OH is 1. The molecule has 0 spiro atoms. The van der Waals surface area contributed by atoms with E-state index in [2.05, 4.69) is 28.4 Å². The van der Waals surface area contributed by atoms with Gasteiger partial charge in [-0.2, -0.15) is 0 Å². The fourth-order valence-electron chi connectivity index (χ4n) is 3.26. The highest BCUT2D eigenvalue weighted by Gasteiger charge is 2.29. The Morgan fingerprint density at radius 3 is 2.67 bits per heavy atom. The second kappa shape index (κ2) is 8.13. The molecule has 0 radical (unpaired) electrons. The highest BCUT2D eigenvalue weighted by molar-refractivity contribution is 5.96. The van der Waals surface area contributed by atoms with E-state index in [4.69, 9.17) is 9.84 Å². The smallest absolute Gasteiger partial charge is 0.249 e. The minimum absolute atomic E-state index is 0.0430. The molecule has 128 valence electrons.